The summed E-state index contributed by atoms with van der Waals surface area (Å²) in [6.45, 7) is 2.16. The van der Waals surface area contributed by atoms with Crippen LogP contribution >= 0.6 is 0 Å². The second-order valence-electron chi connectivity index (χ2n) is 6.15. The zero-order valence-corrected chi connectivity index (χ0v) is 13.7. The summed E-state index contributed by atoms with van der Waals surface area (Å²) in [7, 11) is 0. The number of hydrogen-bond acceptors (Lipinski definition) is 5. The maximum atomic E-state index is 12.5. The van der Waals surface area contributed by atoms with Gasteiger partial charge in [0.25, 0.3) is 17.7 Å². The molecule has 0 spiro atoms. The number of hydrogen-bond donors (Lipinski definition) is 2. The van der Waals surface area contributed by atoms with Crippen LogP contribution in [0.1, 0.15) is 50.8 Å². The van der Waals surface area contributed by atoms with Crippen molar-refractivity contribution in [1.82, 2.24) is 10.2 Å². The molecule has 1 unspecified atom stereocenters. The molecule has 1 aromatic carbocycles. The van der Waals surface area contributed by atoms with Gasteiger partial charge in [-0.2, -0.15) is 0 Å². The molecule has 1 saturated heterocycles. The maximum Gasteiger partial charge on any atom is 0.325 e. The Morgan fingerprint density at radius 3 is 2.68 bits per heavy atom. The van der Waals surface area contributed by atoms with Crippen molar-refractivity contribution in [2.45, 2.75) is 31.9 Å². The fraction of sp³-hybridized carbons (Fsp3) is 0.412. The van der Waals surface area contributed by atoms with Gasteiger partial charge in [0.2, 0.25) is 0 Å². The minimum absolute atomic E-state index is 0.131. The highest BCUT2D eigenvalue weighted by Gasteiger charge is 2.38. The number of aliphatic carboxylic acids is 1. The highest BCUT2D eigenvalue weighted by molar-refractivity contribution is 6.22. The van der Waals surface area contributed by atoms with Gasteiger partial charge in [0.1, 0.15) is 6.04 Å². The predicted octanol–water partition coefficient (Wildman–Crippen LogP) is 0.664. The molecular weight excluding hydrogens is 328 g/mol. The lowest BCUT2D eigenvalue weighted by molar-refractivity contribution is -0.138. The third kappa shape index (κ3) is 3.25. The van der Waals surface area contributed by atoms with Crippen molar-refractivity contribution < 1.29 is 29.0 Å². The molecule has 132 valence electrons. The van der Waals surface area contributed by atoms with Gasteiger partial charge >= 0.3 is 5.97 Å². The molecule has 8 heteroatoms. The van der Waals surface area contributed by atoms with E-state index in [1.54, 1.807) is 0 Å². The quantitative estimate of drug-likeness (QED) is 0.758. The van der Waals surface area contributed by atoms with Crippen molar-refractivity contribution in [3.63, 3.8) is 0 Å². The Kier molecular flexibility index (Phi) is 4.54. The highest BCUT2D eigenvalue weighted by Crippen LogP contribution is 2.26. The number of carboxylic acid groups (broad SMARTS) is 1. The molecule has 2 N–H and O–H groups in total. The lowest BCUT2D eigenvalue weighted by Gasteiger charge is -2.17. The van der Waals surface area contributed by atoms with E-state index in [1.807, 2.05) is 0 Å². The van der Waals surface area contributed by atoms with Crippen LogP contribution in [0.3, 0.4) is 0 Å². The number of nitrogens with one attached hydrogen (secondary N) is 1. The highest BCUT2D eigenvalue weighted by atomic mass is 16.5. The van der Waals surface area contributed by atoms with Crippen molar-refractivity contribution in [2.75, 3.05) is 13.2 Å². The van der Waals surface area contributed by atoms with Crippen LogP contribution in [0.25, 0.3) is 0 Å². The number of fused-ring (bicyclic) bond motifs is 1. The summed E-state index contributed by atoms with van der Waals surface area (Å²) >= 11 is 0. The van der Waals surface area contributed by atoms with Crippen molar-refractivity contribution in [3.05, 3.63) is 34.9 Å². The van der Waals surface area contributed by atoms with E-state index in [0.717, 1.165) is 17.7 Å². The fourth-order valence-corrected chi connectivity index (χ4v) is 2.93. The van der Waals surface area contributed by atoms with Crippen LogP contribution in [-0.4, -0.2) is 59.0 Å². The van der Waals surface area contributed by atoms with Gasteiger partial charge in [0.05, 0.1) is 23.8 Å². The van der Waals surface area contributed by atoms with E-state index in [0.29, 0.717) is 6.61 Å². The van der Waals surface area contributed by atoms with E-state index in [9.17, 15) is 19.2 Å². The second-order valence-corrected chi connectivity index (χ2v) is 6.15. The number of imide groups is 1. The van der Waals surface area contributed by atoms with Crippen LogP contribution in [0, 0.1) is 0 Å². The molecule has 0 bridgehead atoms. The van der Waals surface area contributed by atoms with Crippen molar-refractivity contribution in [2.24, 2.45) is 0 Å². The van der Waals surface area contributed by atoms with Gasteiger partial charge in [-0.05, 0) is 38.0 Å². The van der Waals surface area contributed by atoms with Crippen LogP contribution in [-0.2, 0) is 9.53 Å². The first-order valence-electron chi connectivity index (χ1n) is 8.04. The molecule has 2 aliphatic heterocycles. The molecule has 1 fully saturated rings. The Balaban J connectivity index is 1.79. The zero-order chi connectivity index (χ0) is 18.1. The van der Waals surface area contributed by atoms with Gasteiger partial charge in [0, 0.05) is 12.2 Å². The Hall–Kier alpha value is -2.74. The van der Waals surface area contributed by atoms with Gasteiger partial charge in [-0.3, -0.25) is 24.1 Å². The zero-order valence-electron chi connectivity index (χ0n) is 13.7. The van der Waals surface area contributed by atoms with Crippen LogP contribution in [0.5, 0.6) is 0 Å². The first kappa shape index (κ1) is 17.1. The van der Waals surface area contributed by atoms with Crippen LogP contribution < -0.4 is 5.32 Å². The average Bonchev–Trinajstić information content (AvgIpc) is 3.17. The van der Waals surface area contributed by atoms with E-state index in [2.05, 4.69) is 5.32 Å². The Bertz CT molecular complexity index is 754. The summed E-state index contributed by atoms with van der Waals surface area (Å²) in [6, 6.07) is 3.10. The Labute approximate surface area is 143 Å². The first-order chi connectivity index (χ1) is 11.9. The molecule has 0 aromatic heterocycles. The number of nitrogens with zero attached hydrogens (tertiary/aromatic N) is 1. The molecule has 0 saturated carbocycles. The smallest absolute Gasteiger partial charge is 0.325 e. The van der Waals surface area contributed by atoms with Gasteiger partial charge in [-0.1, -0.05) is 0 Å². The topological polar surface area (TPSA) is 113 Å². The number of amides is 3. The summed E-state index contributed by atoms with van der Waals surface area (Å²) in [5, 5.41) is 11.2. The minimum atomic E-state index is -1.16. The third-order valence-corrected chi connectivity index (χ3v) is 4.36. The SMILES string of the molecule is C[C@H](NC(=O)c1ccc2c(c1)C(=O)N(CC1CCCO1)C2=O)C(=O)O. The number of benzene rings is 1. The van der Waals surface area contributed by atoms with Gasteiger partial charge in [0.15, 0.2) is 0 Å². The fourth-order valence-electron chi connectivity index (χ4n) is 2.93. The lowest BCUT2D eigenvalue weighted by Crippen LogP contribution is -2.38. The summed E-state index contributed by atoms with van der Waals surface area (Å²) in [5.41, 5.74) is 0.524. The Morgan fingerprint density at radius 2 is 2.04 bits per heavy atom. The summed E-state index contributed by atoms with van der Waals surface area (Å²) in [5.74, 6) is -2.64. The van der Waals surface area contributed by atoms with E-state index >= 15 is 0 Å². The average molecular weight is 346 g/mol. The van der Waals surface area contributed by atoms with E-state index in [-0.39, 0.29) is 29.3 Å². The Morgan fingerprint density at radius 1 is 1.32 bits per heavy atom. The molecule has 8 nitrogen and oxygen atoms in total. The van der Waals surface area contributed by atoms with Crippen molar-refractivity contribution in [1.29, 1.82) is 0 Å². The van der Waals surface area contributed by atoms with Crippen molar-refractivity contribution >= 4 is 23.7 Å². The normalized spacial score (nSPS) is 20.5. The number of ether oxygens (including phenoxy) is 1. The van der Waals surface area contributed by atoms with Crippen LogP contribution in [0.4, 0.5) is 0 Å². The molecule has 0 aliphatic carbocycles. The third-order valence-electron chi connectivity index (χ3n) is 4.36. The van der Waals surface area contributed by atoms with Gasteiger partial charge < -0.3 is 15.2 Å². The maximum absolute atomic E-state index is 12.5. The van der Waals surface area contributed by atoms with Gasteiger partial charge in [-0.15, -0.1) is 0 Å². The number of rotatable bonds is 5. The van der Waals surface area contributed by atoms with Crippen molar-refractivity contribution in [3.8, 4) is 0 Å². The predicted molar refractivity (Wildman–Crippen MR) is 85.3 cm³/mol. The number of carbonyl (C=O) groups is 4. The molecular formula is C17H18N2O6. The molecule has 25 heavy (non-hydrogen) atoms. The molecule has 0 radical (unpaired) electrons. The van der Waals surface area contributed by atoms with E-state index in [4.69, 9.17) is 9.84 Å². The van der Waals surface area contributed by atoms with Crippen LogP contribution in [0.2, 0.25) is 0 Å². The molecule has 3 amide bonds. The number of carboxylic acids is 1. The second kappa shape index (κ2) is 6.64. The van der Waals surface area contributed by atoms with Crippen LogP contribution in [0.15, 0.2) is 18.2 Å². The monoisotopic (exact) mass is 346 g/mol. The molecule has 2 aliphatic rings. The summed E-state index contributed by atoms with van der Waals surface area (Å²) in [4.78, 5) is 49.0. The summed E-state index contributed by atoms with van der Waals surface area (Å²) in [6.07, 6.45) is 1.55. The molecule has 2 heterocycles. The summed E-state index contributed by atoms with van der Waals surface area (Å²) < 4.78 is 5.47. The molecule has 1 aromatic rings. The minimum Gasteiger partial charge on any atom is -0.480 e. The lowest BCUT2D eigenvalue weighted by atomic mass is 10.1. The number of carbonyl (C=O) groups excluding carboxylic acids is 3. The largest absolute Gasteiger partial charge is 0.480 e. The standard InChI is InChI=1S/C17H18N2O6/c1-9(17(23)24)18-14(20)10-4-5-12-13(7-10)16(22)19(15(12)21)8-11-3-2-6-25-11/h4-5,7,9,11H,2-3,6,8H2,1H3,(H,18,20)(H,23,24)/t9-,11?/m0/s1. The molecule has 3 rings (SSSR count). The first-order valence-corrected chi connectivity index (χ1v) is 8.04. The van der Waals surface area contributed by atoms with Gasteiger partial charge in [-0.25, -0.2) is 0 Å². The van der Waals surface area contributed by atoms with E-state index in [1.165, 1.54) is 25.1 Å². The molecule has 2 atom stereocenters. The van der Waals surface area contributed by atoms with E-state index < -0.39 is 29.7 Å².